The summed E-state index contributed by atoms with van der Waals surface area (Å²) in [5, 5.41) is 8.76. The minimum Gasteiger partial charge on any atom is -0.490 e. The maximum atomic E-state index is 10.7. The normalized spacial score (nSPS) is 10.8. The van der Waals surface area contributed by atoms with Gasteiger partial charge in [-0.05, 0) is 71.3 Å². The molecule has 24 heavy (non-hydrogen) atoms. The summed E-state index contributed by atoms with van der Waals surface area (Å²) in [7, 11) is 0. The van der Waals surface area contributed by atoms with Crippen molar-refractivity contribution in [2.45, 2.75) is 20.5 Å². The molecular weight excluding hydrogens is 419 g/mol. The first kappa shape index (κ1) is 18.3. The van der Waals surface area contributed by atoms with Gasteiger partial charge in [0.15, 0.2) is 11.5 Å². The highest BCUT2D eigenvalue weighted by atomic mass is 127. The maximum absolute atomic E-state index is 10.7. The van der Waals surface area contributed by atoms with E-state index < -0.39 is 5.97 Å². The summed E-state index contributed by atoms with van der Waals surface area (Å²) in [6.07, 6.45) is 2.65. The fourth-order valence-corrected chi connectivity index (χ4v) is 2.96. The van der Waals surface area contributed by atoms with Crippen LogP contribution in [0.25, 0.3) is 6.08 Å². The van der Waals surface area contributed by atoms with Gasteiger partial charge in [-0.2, -0.15) is 0 Å². The van der Waals surface area contributed by atoms with Crippen LogP contribution < -0.4 is 9.47 Å². The minimum atomic E-state index is -0.983. The Kier molecular flexibility index (Phi) is 6.66. The molecule has 0 radical (unpaired) electrons. The lowest BCUT2D eigenvalue weighted by molar-refractivity contribution is -0.131. The van der Waals surface area contributed by atoms with Crippen molar-refractivity contribution in [1.82, 2.24) is 0 Å². The first-order chi connectivity index (χ1) is 11.5. The fourth-order valence-electron chi connectivity index (χ4n) is 2.18. The third-order valence-electron chi connectivity index (χ3n) is 3.38. The minimum absolute atomic E-state index is 0.451. The van der Waals surface area contributed by atoms with Crippen LogP contribution in [0.1, 0.15) is 23.6 Å². The molecule has 4 nitrogen and oxygen atoms in total. The largest absolute Gasteiger partial charge is 0.490 e. The van der Waals surface area contributed by atoms with Crippen LogP contribution in [-0.4, -0.2) is 17.7 Å². The van der Waals surface area contributed by atoms with Crippen LogP contribution in [0.4, 0.5) is 0 Å². The molecule has 2 aromatic carbocycles. The van der Waals surface area contributed by atoms with Crippen molar-refractivity contribution in [2.24, 2.45) is 0 Å². The van der Waals surface area contributed by atoms with E-state index in [2.05, 4.69) is 22.6 Å². The number of halogens is 1. The van der Waals surface area contributed by atoms with E-state index in [0.29, 0.717) is 24.7 Å². The second kappa shape index (κ2) is 8.73. The van der Waals surface area contributed by atoms with Crippen LogP contribution in [0, 0.1) is 10.5 Å². The molecule has 0 bridgehead atoms. The van der Waals surface area contributed by atoms with Gasteiger partial charge in [-0.25, -0.2) is 4.79 Å². The van der Waals surface area contributed by atoms with Gasteiger partial charge in [-0.15, -0.1) is 0 Å². The Morgan fingerprint density at radius 3 is 2.67 bits per heavy atom. The Hall–Kier alpha value is -2.02. The van der Waals surface area contributed by atoms with Gasteiger partial charge in [0.05, 0.1) is 10.2 Å². The Morgan fingerprint density at radius 2 is 2.00 bits per heavy atom. The van der Waals surface area contributed by atoms with Gasteiger partial charge in [0.25, 0.3) is 0 Å². The molecule has 0 unspecified atom stereocenters. The summed E-state index contributed by atoms with van der Waals surface area (Å²) in [4.78, 5) is 10.7. The number of ether oxygens (including phenoxy) is 2. The number of carboxylic acid groups (broad SMARTS) is 1. The Balaban J connectivity index is 2.27. The predicted molar refractivity (Wildman–Crippen MR) is 103 cm³/mol. The summed E-state index contributed by atoms with van der Waals surface area (Å²) in [5.74, 6) is 0.305. The van der Waals surface area contributed by atoms with Crippen LogP contribution in [-0.2, 0) is 11.4 Å². The van der Waals surface area contributed by atoms with Crippen LogP contribution in [0.15, 0.2) is 42.5 Å². The third-order valence-corrected chi connectivity index (χ3v) is 4.18. The number of aliphatic carboxylic acids is 1. The van der Waals surface area contributed by atoms with Gasteiger partial charge in [-0.1, -0.05) is 24.3 Å². The van der Waals surface area contributed by atoms with Gasteiger partial charge in [0.2, 0.25) is 0 Å². The molecule has 0 saturated carbocycles. The molecule has 126 valence electrons. The number of aryl methyl sites for hydroxylation is 1. The van der Waals surface area contributed by atoms with Crippen molar-refractivity contribution in [1.29, 1.82) is 0 Å². The van der Waals surface area contributed by atoms with E-state index in [1.165, 1.54) is 11.6 Å². The number of hydrogen-bond acceptors (Lipinski definition) is 3. The van der Waals surface area contributed by atoms with Crippen LogP contribution >= 0.6 is 22.6 Å². The van der Waals surface area contributed by atoms with Crippen molar-refractivity contribution in [3.05, 3.63) is 62.7 Å². The number of benzene rings is 2. The topological polar surface area (TPSA) is 55.8 Å². The second-order valence-electron chi connectivity index (χ2n) is 5.15. The Morgan fingerprint density at radius 1 is 1.25 bits per heavy atom. The first-order valence-corrected chi connectivity index (χ1v) is 8.63. The summed E-state index contributed by atoms with van der Waals surface area (Å²) in [6.45, 7) is 4.90. The monoisotopic (exact) mass is 438 g/mol. The SMILES string of the molecule is CCOc1cc(C=CC(=O)O)cc(I)c1OCc1ccccc1C. The smallest absolute Gasteiger partial charge is 0.328 e. The quantitative estimate of drug-likeness (QED) is 0.504. The molecule has 0 spiro atoms. The lowest BCUT2D eigenvalue weighted by atomic mass is 10.1. The highest BCUT2D eigenvalue weighted by Crippen LogP contribution is 2.35. The summed E-state index contributed by atoms with van der Waals surface area (Å²) < 4.78 is 12.5. The summed E-state index contributed by atoms with van der Waals surface area (Å²) in [5.41, 5.74) is 3.05. The van der Waals surface area contributed by atoms with E-state index in [1.807, 2.05) is 44.2 Å². The standard InChI is InChI=1S/C19H19IO4/c1-3-23-17-11-14(8-9-18(21)22)10-16(20)19(17)24-12-15-7-5-4-6-13(15)2/h4-11H,3,12H2,1-2H3,(H,21,22). The zero-order chi connectivity index (χ0) is 17.5. The van der Waals surface area contributed by atoms with Crippen molar-refractivity contribution in [3.8, 4) is 11.5 Å². The fraction of sp³-hybridized carbons (Fsp3) is 0.211. The molecule has 1 N–H and O–H groups in total. The number of rotatable bonds is 7. The molecule has 0 aliphatic heterocycles. The van der Waals surface area contributed by atoms with Crippen LogP contribution in [0.5, 0.6) is 11.5 Å². The first-order valence-electron chi connectivity index (χ1n) is 7.56. The third kappa shape index (κ3) is 4.99. The number of carboxylic acids is 1. The number of carbonyl (C=O) groups is 1. The van der Waals surface area contributed by atoms with Gasteiger partial charge in [0, 0.05) is 6.08 Å². The van der Waals surface area contributed by atoms with Crippen LogP contribution in [0.3, 0.4) is 0 Å². The highest BCUT2D eigenvalue weighted by Gasteiger charge is 2.12. The molecule has 0 heterocycles. The molecule has 0 atom stereocenters. The Labute approximate surface area is 155 Å². The highest BCUT2D eigenvalue weighted by molar-refractivity contribution is 14.1. The van der Waals surface area contributed by atoms with E-state index >= 15 is 0 Å². The molecule has 0 aliphatic rings. The summed E-state index contributed by atoms with van der Waals surface area (Å²) in [6, 6.07) is 11.7. The molecule has 0 aromatic heterocycles. The second-order valence-corrected chi connectivity index (χ2v) is 6.31. The van der Waals surface area contributed by atoms with Crippen molar-refractivity contribution < 1.29 is 19.4 Å². The molecule has 0 saturated heterocycles. The van der Waals surface area contributed by atoms with Crippen molar-refractivity contribution >= 4 is 34.6 Å². The van der Waals surface area contributed by atoms with Crippen molar-refractivity contribution in [3.63, 3.8) is 0 Å². The predicted octanol–water partition coefficient (Wildman–Crippen LogP) is 4.68. The van der Waals surface area contributed by atoms with Gasteiger partial charge in [-0.3, -0.25) is 0 Å². The molecule has 0 aliphatic carbocycles. The van der Waals surface area contributed by atoms with Gasteiger partial charge >= 0.3 is 5.97 Å². The van der Waals surface area contributed by atoms with E-state index in [1.54, 1.807) is 6.07 Å². The average Bonchev–Trinajstić information content (AvgIpc) is 2.54. The summed E-state index contributed by atoms with van der Waals surface area (Å²) >= 11 is 2.17. The Bertz CT molecular complexity index is 753. The number of hydrogen-bond donors (Lipinski definition) is 1. The van der Waals surface area contributed by atoms with Gasteiger partial charge < -0.3 is 14.6 Å². The van der Waals surface area contributed by atoms with E-state index in [4.69, 9.17) is 14.6 Å². The lowest BCUT2D eigenvalue weighted by Crippen LogP contribution is -2.03. The average molecular weight is 438 g/mol. The van der Waals surface area contributed by atoms with E-state index in [9.17, 15) is 4.79 Å². The molecule has 2 aromatic rings. The molecule has 2 rings (SSSR count). The molecular formula is C19H19IO4. The molecule has 0 fully saturated rings. The lowest BCUT2D eigenvalue weighted by Gasteiger charge is -2.15. The zero-order valence-electron chi connectivity index (χ0n) is 13.6. The van der Waals surface area contributed by atoms with Gasteiger partial charge in [0.1, 0.15) is 6.61 Å². The molecule has 0 amide bonds. The molecule has 5 heteroatoms. The van der Waals surface area contributed by atoms with Crippen LogP contribution in [0.2, 0.25) is 0 Å². The van der Waals surface area contributed by atoms with Crippen molar-refractivity contribution in [2.75, 3.05) is 6.61 Å². The van der Waals surface area contributed by atoms with E-state index in [0.717, 1.165) is 20.8 Å². The maximum Gasteiger partial charge on any atom is 0.328 e. The van der Waals surface area contributed by atoms with E-state index in [-0.39, 0.29) is 0 Å². The zero-order valence-corrected chi connectivity index (χ0v) is 15.7.